The van der Waals surface area contributed by atoms with Gasteiger partial charge in [-0.25, -0.2) is 0 Å². The zero-order chi connectivity index (χ0) is 7.98. The molecule has 0 aliphatic rings. The molecular weight excluding hydrogens is 134 g/mol. The van der Waals surface area contributed by atoms with E-state index in [-0.39, 0.29) is 17.6 Å². The van der Waals surface area contributed by atoms with Crippen LogP contribution in [0.15, 0.2) is 0 Å². The van der Waals surface area contributed by atoms with Gasteiger partial charge in [-0.05, 0) is 13.6 Å². The zero-order valence-corrected chi connectivity index (χ0v) is 6.26. The van der Waals surface area contributed by atoms with E-state index in [0.29, 0.717) is 0 Å². The Hall–Kier alpha value is -0.680. The van der Waals surface area contributed by atoms with Gasteiger partial charge in [0.25, 0.3) is 0 Å². The maximum Gasteiger partial charge on any atom is 0.231 e. The van der Waals surface area contributed by atoms with Crippen molar-refractivity contribution in [2.75, 3.05) is 20.1 Å². The number of rotatable bonds is 5. The Kier molecular flexibility index (Phi) is 4.78. The highest BCUT2D eigenvalue weighted by Crippen LogP contribution is 1.76. The van der Waals surface area contributed by atoms with E-state index < -0.39 is 0 Å². The van der Waals surface area contributed by atoms with Gasteiger partial charge in [0.2, 0.25) is 6.54 Å². The molecule has 0 radical (unpaired) electrons. The second-order valence-electron chi connectivity index (χ2n) is 1.91. The number of likely N-dealkylation sites (N-methyl/N-ethyl adjacent to an activating group) is 2. The molecule has 0 spiro atoms. The highest BCUT2D eigenvalue weighted by Gasteiger charge is 2.09. The van der Waals surface area contributed by atoms with Gasteiger partial charge in [-0.2, -0.15) is 0 Å². The molecule has 0 bridgehead atoms. The van der Waals surface area contributed by atoms with E-state index in [2.05, 4.69) is 10.6 Å². The van der Waals surface area contributed by atoms with Crippen molar-refractivity contribution in [2.45, 2.75) is 13.1 Å². The van der Waals surface area contributed by atoms with Crippen LogP contribution in [-0.4, -0.2) is 31.2 Å². The molecular formula is C5H13N3O2. The maximum atomic E-state index is 9.97. The minimum absolute atomic E-state index is 0.0790. The number of nitrogens with zero attached hydrogens (tertiary/aromatic N) is 1. The summed E-state index contributed by atoms with van der Waals surface area (Å²) in [4.78, 5) is 9.63. The summed E-state index contributed by atoms with van der Waals surface area (Å²) in [5.74, 6) is 0. The van der Waals surface area contributed by atoms with Crippen LogP contribution >= 0.6 is 0 Å². The van der Waals surface area contributed by atoms with Crippen LogP contribution in [0.2, 0.25) is 0 Å². The quantitative estimate of drug-likeness (QED) is 0.310. The van der Waals surface area contributed by atoms with Crippen LogP contribution in [0.5, 0.6) is 0 Å². The summed E-state index contributed by atoms with van der Waals surface area (Å²) in [5, 5.41) is 15.7. The van der Waals surface area contributed by atoms with Gasteiger partial charge in [0.15, 0.2) is 0 Å². The lowest BCUT2D eigenvalue weighted by molar-refractivity contribution is -0.484. The minimum Gasteiger partial charge on any atom is -0.299 e. The molecule has 0 aliphatic carbocycles. The predicted molar refractivity (Wildman–Crippen MR) is 38.4 cm³/mol. The molecule has 5 nitrogen and oxygen atoms in total. The van der Waals surface area contributed by atoms with Crippen LogP contribution in [0, 0.1) is 10.1 Å². The minimum atomic E-state index is -0.343. The van der Waals surface area contributed by atoms with Crippen LogP contribution in [0.4, 0.5) is 0 Å². The Balaban J connectivity index is 3.49. The van der Waals surface area contributed by atoms with Crippen molar-refractivity contribution in [1.29, 1.82) is 0 Å². The van der Waals surface area contributed by atoms with Gasteiger partial charge in [-0.15, -0.1) is 0 Å². The summed E-state index contributed by atoms with van der Waals surface area (Å²) in [6.45, 7) is 2.56. The van der Waals surface area contributed by atoms with Crippen molar-refractivity contribution in [2.24, 2.45) is 0 Å². The average Bonchev–Trinajstić information content (AvgIpc) is 1.86. The van der Waals surface area contributed by atoms with E-state index in [1.807, 2.05) is 6.92 Å². The zero-order valence-electron chi connectivity index (χ0n) is 6.26. The Morgan fingerprint density at radius 1 is 1.70 bits per heavy atom. The molecule has 0 heterocycles. The van der Waals surface area contributed by atoms with Gasteiger partial charge in [-0.1, -0.05) is 6.92 Å². The largest absolute Gasteiger partial charge is 0.299 e. The molecule has 0 aliphatic heterocycles. The van der Waals surface area contributed by atoms with Crippen LogP contribution in [0.3, 0.4) is 0 Å². The smallest absolute Gasteiger partial charge is 0.231 e. The maximum absolute atomic E-state index is 9.97. The molecule has 0 aromatic carbocycles. The first-order chi connectivity index (χ1) is 4.70. The highest BCUT2D eigenvalue weighted by molar-refractivity contribution is 4.57. The van der Waals surface area contributed by atoms with E-state index in [4.69, 9.17) is 0 Å². The number of nitrogens with one attached hydrogen (secondary N) is 2. The van der Waals surface area contributed by atoms with E-state index in [9.17, 15) is 10.1 Å². The summed E-state index contributed by atoms with van der Waals surface area (Å²) in [6, 6.07) is 0. The molecule has 1 atom stereocenters. The number of nitro groups is 1. The van der Waals surface area contributed by atoms with Crippen LogP contribution in [0.25, 0.3) is 0 Å². The molecule has 60 valence electrons. The monoisotopic (exact) mass is 147 g/mol. The number of hydrogen-bond donors (Lipinski definition) is 2. The third kappa shape index (κ3) is 4.22. The first-order valence-corrected chi connectivity index (χ1v) is 3.23. The lowest BCUT2D eigenvalue weighted by Crippen LogP contribution is -2.45. The van der Waals surface area contributed by atoms with Crippen molar-refractivity contribution < 1.29 is 4.92 Å². The van der Waals surface area contributed by atoms with Crippen molar-refractivity contribution in [1.82, 2.24) is 10.6 Å². The first-order valence-electron chi connectivity index (χ1n) is 3.23. The molecule has 0 fully saturated rings. The van der Waals surface area contributed by atoms with Crippen molar-refractivity contribution >= 4 is 0 Å². The SMILES string of the molecule is CCNC(C[N+](=O)[O-])NC. The molecule has 0 amide bonds. The molecule has 1 unspecified atom stereocenters. The molecule has 2 N–H and O–H groups in total. The third-order valence-corrected chi connectivity index (χ3v) is 1.13. The fourth-order valence-electron chi connectivity index (χ4n) is 0.653. The van der Waals surface area contributed by atoms with Gasteiger partial charge >= 0.3 is 0 Å². The molecule has 0 saturated carbocycles. The van der Waals surface area contributed by atoms with Crippen LogP contribution in [-0.2, 0) is 0 Å². The molecule has 0 aromatic heterocycles. The molecule has 10 heavy (non-hydrogen) atoms. The summed E-state index contributed by atoms with van der Waals surface area (Å²) in [5.41, 5.74) is 0. The highest BCUT2D eigenvalue weighted by atomic mass is 16.6. The van der Waals surface area contributed by atoms with Crippen LogP contribution < -0.4 is 10.6 Å². The molecule has 0 saturated heterocycles. The van der Waals surface area contributed by atoms with Crippen LogP contribution in [0.1, 0.15) is 6.92 Å². The summed E-state index contributed by atoms with van der Waals surface area (Å²) in [6.07, 6.45) is -0.208. The molecule has 0 rings (SSSR count). The van der Waals surface area contributed by atoms with Crippen molar-refractivity contribution in [3.63, 3.8) is 0 Å². The summed E-state index contributed by atoms with van der Waals surface area (Å²) < 4.78 is 0. The molecule has 5 heteroatoms. The van der Waals surface area contributed by atoms with Gasteiger partial charge in [-0.3, -0.25) is 20.7 Å². The third-order valence-electron chi connectivity index (χ3n) is 1.13. The summed E-state index contributed by atoms with van der Waals surface area (Å²) in [7, 11) is 1.69. The normalized spacial score (nSPS) is 13.0. The van der Waals surface area contributed by atoms with Crippen molar-refractivity contribution in [3.05, 3.63) is 10.1 Å². The second kappa shape index (κ2) is 5.13. The van der Waals surface area contributed by atoms with Crippen molar-refractivity contribution in [3.8, 4) is 0 Å². The Morgan fingerprint density at radius 3 is 2.60 bits per heavy atom. The van der Waals surface area contributed by atoms with E-state index in [0.717, 1.165) is 6.54 Å². The van der Waals surface area contributed by atoms with E-state index in [1.54, 1.807) is 7.05 Å². The lowest BCUT2D eigenvalue weighted by atomic mass is 10.5. The van der Waals surface area contributed by atoms with E-state index >= 15 is 0 Å². The van der Waals surface area contributed by atoms with Gasteiger partial charge in [0.05, 0.1) is 0 Å². The predicted octanol–water partition coefficient (Wildman–Crippen LogP) is -0.582. The Labute approximate surface area is 60.0 Å². The Bertz CT molecular complexity index is 107. The fourth-order valence-corrected chi connectivity index (χ4v) is 0.653. The average molecular weight is 147 g/mol. The Morgan fingerprint density at radius 2 is 2.30 bits per heavy atom. The second-order valence-corrected chi connectivity index (χ2v) is 1.91. The topological polar surface area (TPSA) is 67.2 Å². The van der Waals surface area contributed by atoms with E-state index in [1.165, 1.54) is 0 Å². The number of hydrogen-bond acceptors (Lipinski definition) is 4. The molecule has 0 aromatic rings. The lowest BCUT2D eigenvalue weighted by Gasteiger charge is -2.10. The van der Waals surface area contributed by atoms with Gasteiger partial charge in [0, 0.05) is 4.92 Å². The standard InChI is InChI=1S/C5H13N3O2/c1-3-7-5(6-2)4-8(9)10/h5-7H,3-4H2,1-2H3. The van der Waals surface area contributed by atoms with Gasteiger partial charge < -0.3 is 0 Å². The van der Waals surface area contributed by atoms with Gasteiger partial charge in [0.1, 0.15) is 6.17 Å². The summed E-state index contributed by atoms with van der Waals surface area (Å²) >= 11 is 0. The fraction of sp³-hybridized carbons (Fsp3) is 1.00. The first kappa shape index (κ1) is 9.32.